The van der Waals surface area contributed by atoms with E-state index in [0.717, 1.165) is 0 Å². The Morgan fingerprint density at radius 1 is 1.25 bits per heavy atom. The van der Waals surface area contributed by atoms with E-state index in [0.29, 0.717) is 31.7 Å². The molecule has 0 amide bonds. The van der Waals surface area contributed by atoms with Gasteiger partial charge in [0.05, 0.1) is 14.5 Å². The summed E-state index contributed by atoms with van der Waals surface area (Å²) in [6, 6.07) is 5.28. The van der Waals surface area contributed by atoms with Gasteiger partial charge >= 0.3 is 0 Å². The second-order valence-electron chi connectivity index (χ2n) is 3.03. The molecular weight excluding hydrogens is 313 g/mol. The van der Waals surface area contributed by atoms with Crippen LogP contribution in [0.3, 0.4) is 0 Å². The van der Waals surface area contributed by atoms with Crippen LogP contribution in [0.25, 0.3) is 11.4 Å². The molecule has 0 atom stereocenters. The maximum absolute atomic E-state index is 6.06. The Labute approximate surface area is 111 Å². The lowest BCUT2D eigenvalue weighted by Crippen LogP contribution is -1.96. The molecule has 0 aliphatic carbocycles. The molecule has 0 saturated heterocycles. The summed E-state index contributed by atoms with van der Waals surface area (Å²) in [5.41, 5.74) is 6.33. The number of aromatic nitrogens is 2. The zero-order valence-electron chi connectivity index (χ0n) is 7.92. The van der Waals surface area contributed by atoms with E-state index in [1.54, 1.807) is 24.4 Å². The summed E-state index contributed by atoms with van der Waals surface area (Å²) in [5, 5.41) is 0.884. The molecular formula is C10H6BrCl2N3. The largest absolute Gasteiger partial charge is 0.383 e. The van der Waals surface area contributed by atoms with Gasteiger partial charge in [-0.3, -0.25) is 0 Å². The minimum absolute atomic E-state index is 0.362. The third-order valence-corrected chi connectivity index (χ3v) is 3.39. The van der Waals surface area contributed by atoms with E-state index in [1.165, 1.54) is 0 Å². The molecule has 1 heterocycles. The summed E-state index contributed by atoms with van der Waals surface area (Å²) in [6.45, 7) is 0. The average Bonchev–Trinajstić information content (AvgIpc) is 2.26. The van der Waals surface area contributed by atoms with E-state index in [-0.39, 0.29) is 0 Å². The zero-order chi connectivity index (χ0) is 11.7. The van der Waals surface area contributed by atoms with Crippen molar-refractivity contribution in [3.63, 3.8) is 0 Å². The molecule has 0 unspecified atom stereocenters. The molecule has 82 valence electrons. The number of nitrogens with zero attached hydrogens (tertiary/aromatic N) is 2. The molecule has 0 fully saturated rings. The fourth-order valence-corrected chi connectivity index (χ4v) is 1.76. The molecule has 0 aliphatic heterocycles. The molecule has 0 spiro atoms. The summed E-state index contributed by atoms with van der Waals surface area (Å²) < 4.78 is 0.648. The smallest absolute Gasteiger partial charge is 0.163 e. The van der Waals surface area contributed by atoms with Crippen LogP contribution in [0, 0.1) is 0 Å². The number of benzene rings is 1. The first-order chi connectivity index (χ1) is 7.59. The van der Waals surface area contributed by atoms with E-state index in [4.69, 9.17) is 28.9 Å². The lowest BCUT2D eigenvalue weighted by atomic mass is 10.2. The SMILES string of the molecule is Nc1nc(-c2cccc(Cl)c2Cl)ncc1Br. The van der Waals surface area contributed by atoms with Gasteiger partial charge in [0.2, 0.25) is 0 Å². The molecule has 3 nitrogen and oxygen atoms in total. The number of nitrogen functional groups attached to an aromatic ring is 1. The van der Waals surface area contributed by atoms with Crippen molar-refractivity contribution in [1.29, 1.82) is 0 Å². The molecule has 1 aromatic carbocycles. The van der Waals surface area contributed by atoms with Gasteiger partial charge in [-0.1, -0.05) is 29.3 Å². The Hall–Kier alpha value is -0.840. The van der Waals surface area contributed by atoms with Gasteiger partial charge in [0.25, 0.3) is 0 Å². The van der Waals surface area contributed by atoms with E-state index >= 15 is 0 Å². The van der Waals surface area contributed by atoms with Crippen LogP contribution in [0.15, 0.2) is 28.9 Å². The number of hydrogen-bond acceptors (Lipinski definition) is 3. The Morgan fingerprint density at radius 2 is 2.00 bits per heavy atom. The van der Waals surface area contributed by atoms with Crippen molar-refractivity contribution in [3.8, 4) is 11.4 Å². The molecule has 1 aromatic heterocycles. The zero-order valence-corrected chi connectivity index (χ0v) is 11.0. The number of anilines is 1. The molecule has 0 aliphatic rings. The van der Waals surface area contributed by atoms with Crippen LogP contribution in [0.1, 0.15) is 0 Å². The summed E-state index contributed by atoms with van der Waals surface area (Å²) in [7, 11) is 0. The Morgan fingerprint density at radius 3 is 2.69 bits per heavy atom. The maximum atomic E-state index is 6.06. The maximum Gasteiger partial charge on any atom is 0.163 e. The van der Waals surface area contributed by atoms with Crippen LogP contribution < -0.4 is 5.73 Å². The van der Waals surface area contributed by atoms with E-state index in [2.05, 4.69) is 25.9 Å². The van der Waals surface area contributed by atoms with Gasteiger partial charge in [-0.05, 0) is 28.1 Å². The van der Waals surface area contributed by atoms with E-state index < -0.39 is 0 Å². The standard InChI is InChI=1S/C10H6BrCl2N3/c11-6-4-15-10(16-9(6)14)5-2-1-3-7(12)8(5)13/h1-4H,(H2,14,15,16). The summed E-state index contributed by atoms with van der Waals surface area (Å²) in [4.78, 5) is 8.25. The van der Waals surface area contributed by atoms with Crippen LogP contribution in [-0.4, -0.2) is 9.97 Å². The molecule has 2 aromatic rings. The minimum atomic E-state index is 0.362. The van der Waals surface area contributed by atoms with Crippen molar-refractivity contribution >= 4 is 44.9 Å². The highest BCUT2D eigenvalue weighted by atomic mass is 79.9. The van der Waals surface area contributed by atoms with Gasteiger partial charge in [0, 0.05) is 11.8 Å². The average molecular weight is 319 g/mol. The predicted octanol–water partition coefficient (Wildman–Crippen LogP) is 3.80. The predicted molar refractivity (Wildman–Crippen MR) is 69.6 cm³/mol. The quantitative estimate of drug-likeness (QED) is 0.870. The number of nitrogens with two attached hydrogens (primary N) is 1. The van der Waals surface area contributed by atoms with Crippen molar-refractivity contribution in [2.45, 2.75) is 0 Å². The fourth-order valence-electron chi connectivity index (χ4n) is 1.19. The van der Waals surface area contributed by atoms with E-state index in [9.17, 15) is 0 Å². The lowest BCUT2D eigenvalue weighted by molar-refractivity contribution is 1.17. The third kappa shape index (κ3) is 2.14. The first-order valence-electron chi connectivity index (χ1n) is 4.32. The van der Waals surface area contributed by atoms with Gasteiger partial charge in [-0.15, -0.1) is 0 Å². The molecule has 0 saturated carbocycles. The van der Waals surface area contributed by atoms with Crippen molar-refractivity contribution in [3.05, 3.63) is 38.9 Å². The Bertz CT molecular complexity index is 546. The highest BCUT2D eigenvalue weighted by molar-refractivity contribution is 9.10. The molecule has 6 heteroatoms. The monoisotopic (exact) mass is 317 g/mol. The van der Waals surface area contributed by atoms with Crippen LogP contribution in [0.5, 0.6) is 0 Å². The lowest BCUT2D eigenvalue weighted by Gasteiger charge is -2.05. The van der Waals surface area contributed by atoms with Crippen LogP contribution in [0.2, 0.25) is 10.0 Å². The minimum Gasteiger partial charge on any atom is -0.383 e. The second kappa shape index (κ2) is 4.57. The van der Waals surface area contributed by atoms with Crippen molar-refractivity contribution < 1.29 is 0 Å². The van der Waals surface area contributed by atoms with Crippen molar-refractivity contribution in [2.75, 3.05) is 5.73 Å². The fraction of sp³-hybridized carbons (Fsp3) is 0. The van der Waals surface area contributed by atoms with Gasteiger partial charge in [-0.25, -0.2) is 9.97 Å². The van der Waals surface area contributed by atoms with Crippen molar-refractivity contribution in [2.24, 2.45) is 0 Å². The van der Waals surface area contributed by atoms with Gasteiger partial charge in [0.15, 0.2) is 5.82 Å². The topological polar surface area (TPSA) is 51.8 Å². The Balaban J connectivity index is 2.59. The van der Waals surface area contributed by atoms with Gasteiger partial charge < -0.3 is 5.73 Å². The van der Waals surface area contributed by atoms with E-state index in [1.807, 2.05) is 0 Å². The highest BCUT2D eigenvalue weighted by Gasteiger charge is 2.10. The molecule has 0 radical (unpaired) electrons. The molecule has 2 N–H and O–H groups in total. The van der Waals surface area contributed by atoms with Gasteiger partial charge in [0.1, 0.15) is 5.82 Å². The summed E-state index contributed by atoms with van der Waals surface area (Å²) >= 11 is 15.2. The van der Waals surface area contributed by atoms with Crippen molar-refractivity contribution in [1.82, 2.24) is 9.97 Å². The van der Waals surface area contributed by atoms with Crippen LogP contribution in [-0.2, 0) is 0 Å². The second-order valence-corrected chi connectivity index (χ2v) is 4.67. The first kappa shape index (κ1) is 11.6. The number of halogens is 3. The summed E-state index contributed by atoms with van der Waals surface area (Å²) in [5.74, 6) is 0.814. The number of rotatable bonds is 1. The van der Waals surface area contributed by atoms with Crippen LogP contribution >= 0.6 is 39.1 Å². The first-order valence-corrected chi connectivity index (χ1v) is 5.87. The van der Waals surface area contributed by atoms with Crippen LogP contribution in [0.4, 0.5) is 5.82 Å². The summed E-state index contributed by atoms with van der Waals surface area (Å²) in [6.07, 6.45) is 1.58. The third-order valence-electron chi connectivity index (χ3n) is 1.96. The molecule has 0 bridgehead atoms. The Kier molecular flexibility index (Phi) is 3.33. The van der Waals surface area contributed by atoms with Gasteiger partial charge in [-0.2, -0.15) is 0 Å². The highest BCUT2D eigenvalue weighted by Crippen LogP contribution is 2.32. The number of hydrogen-bond donors (Lipinski definition) is 1. The molecule has 2 rings (SSSR count). The normalized spacial score (nSPS) is 10.4. The molecule has 16 heavy (non-hydrogen) atoms.